The summed E-state index contributed by atoms with van der Waals surface area (Å²) in [5, 5.41) is 2.51. The van der Waals surface area contributed by atoms with Crippen LogP contribution in [0.2, 0.25) is 0 Å². The number of carbonyl (C=O) groups is 2. The minimum absolute atomic E-state index is 0.0673. The molecule has 1 aromatic rings. The van der Waals surface area contributed by atoms with Crippen molar-refractivity contribution in [2.75, 3.05) is 26.0 Å². The van der Waals surface area contributed by atoms with Gasteiger partial charge in [0.25, 0.3) is 0 Å². The van der Waals surface area contributed by atoms with Gasteiger partial charge in [0, 0.05) is 11.3 Å². The second kappa shape index (κ2) is 5.26. The van der Waals surface area contributed by atoms with Crippen LogP contribution < -0.4 is 5.32 Å². The van der Waals surface area contributed by atoms with Crippen LogP contribution in [0.1, 0.15) is 10.4 Å². The summed E-state index contributed by atoms with van der Waals surface area (Å²) in [5.41, 5.74) is 1.34. The molecule has 1 amide bonds. The summed E-state index contributed by atoms with van der Waals surface area (Å²) >= 11 is 0. The van der Waals surface area contributed by atoms with Crippen molar-refractivity contribution < 1.29 is 9.59 Å². The van der Waals surface area contributed by atoms with Crippen LogP contribution in [0.4, 0.5) is 5.69 Å². The number of amides is 1. The summed E-state index contributed by atoms with van der Waals surface area (Å²) in [7, 11) is 3.69. The molecule has 1 N–H and O–H groups in total. The third-order valence-electron chi connectivity index (χ3n) is 1.89. The predicted octanol–water partition coefficient (Wildman–Crippen LogP) is 0.999. The van der Waals surface area contributed by atoms with E-state index in [1.165, 1.54) is 0 Å². The molecule has 0 saturated heterocycles. The highest BCUT2D eigenvalue weighted by Gasteiger charge is 2.06. The Morgan fingerprint density at radius 2 is 1.93 bits per heavy atom. The Morgan fingerprint density at radius 3 is 2.40 bits per heavy atom. The fraction of sp³-hybridized carbons (Fsp3) is 0.273. The quantitative estimate of drug-likeness (QED) is 0.577. The third kappa shape index (κ3) is 3.52. The van der Waals surface area contributed by atoms with Crippen molar-refractivity contribution in [1.29, 1.82) is 0 Å². The number of Topliss-reactive ketones (excluding diaryl/α,β-unsaturated/α-hetero) is 1. The highest BCUT2D eigenvalue weighted by Crippen LogP contribution is 2.09. The van der Waals surface area contributed by atoms with Gasteiger partial charge in [-0.3, -0.25) is 9.59 Å². The van der Waals surface area contributed by atoms with E-state index >= 15 is 0 Å². The minimum atomic E-state index is 0.0673. The van der Waals surface area contributed by atoms with Crippen molar-refractivity contribution in [1.82, 2.24) is 4.90 Å². The number of likely N-dealkylation sites (N-methyl/N-ethyl adjacent to an activating group) is 1. The van der Waals surface area contributed by atoms with E-state index in [1.54, 1.807) is 24.3 Å². The Bertz CT molecular complexity index is 344. The van der Waals surface area contributed by atoms with E-state index < -0.39 is 0 Å². The molecular formula is C11H14N2O2. The van der Waals surface area contributed by atoms with Crippen LogP contribution in [0, 0.1) is 0 Å². The molecule has 1 rings (SSSR count). The monoisotopic (exact) mass is 206 g/mol. The number of anilines is 1. The zero-order chi connectivity index (χ0) is 11.3. The Morgan fingerprint density at radius 1 is 1.33 bits per heavy atom. The van der Waals surface area contributed by atoms with Crippen molar-refractivity contribution in [3.8, 4) is 0 Å². The molecule has 4 nitrogen and oxygen atoms in total. The summed E-state index contributed by atoms with van der Waals surface area (Å²) in [4.78, 5) is 23.6. The number of benzene rings is 1. The number of carbonyl (C=O) groups excluding carboxylic acids is 2. The highest BCUT2D eigenvalue weighted by atomic mass is 16.1. The summed E-state index contributed by atoms with van der Waals surface area (Å²) in [6.07, 6.45) is 0.608. The Kier molecular flexibility index (Phi) is 4.00. The van der Waals surface area contributed by atoms with E-state index in [9.17, 15) is 9.59 Å². The van der Waals surface area contributed by atoms with Crippen LogP contribution >= 0.6 is 0 Å². The molecule has 0 saturated carbocycles. The fourth-order valence-corrected chi connectivity index (χ4v) is 1.20. The number of ketones is 1. The van der Waals surface area contributed by atoms with Crippen LogP contribution in [0.3, 0.4) is 0 Å². The highest BCUT2D eigenvalue weighted by molar-refractivity contribution is 5.98. The van der Waals surface area contributed by atoms with Gasteiger partial charge in [-0.1, -0.05) is 0 Å². The molecule has 0 atom stereocenters. The number of hydrogen-bond acceptors (Lipinski definition) is 3. The van der Waals surface area contributed by atoms with Gasteiger partial charge in [-0.15, -0.1) is 0 Å². The lowest BCUT2D eigenvalue weighted by molar-refractivity contribution is -0.105. The summed E-state index contributed by atoms with van der Waals surface area (Å²) in [6, 6.07) is 6.82. The Hall–Kier alpha value is -1.68. The second-order valence-corrected chi connectivity index (χ2v) is 3.50. The molecule has 0 bridgehead atoms. The zero-order valence-electron chi connectivity index (χ0n) is 8.86. The summed E-state index contributed by atoms with van der Waals surface area (Å²) in [5.74, 6) is 0.0673. The summed E-state index contributed by atoms with van der Waals surface area (Å²) in [6.45, 7) is 0.389. The van der Waals surface area contributed by atoms with E-state index in [1.807, 2.05) is 19.0 Å². The van der Waals surface area contributed by atoms with Gasteiger partial charge in [0.1, 0.15) is 0 Å². The van der Waals surface area contributed by atoms with E-state index in [-0.39, 0.29) is 5.78 Å². The predicted molar refractivity (Wildman–Crippen MR) is 59.0 cm³/mol. The van der Waals surface area contributed by atoms with Crippen LogP contribution in [0.15, 0.2) is 24.3 Å². The number of nitrogens with zero attached hydrogens (tertiary/aromatic N) is 1. The average Bonchev–Trinajstić information content (AvgIpc) is 2.18. The second-order valence-electron chi connectivity index (χ2n) is 3.50. The molecule has 15 heavy (non-hydrogen) atoms. The summed E-state index contributed by atoms with van der Waals surface area (Å²) < 4.78 is 0. The van der Waals surface area contributed by atoms with Gasteiger partial charge in [-0.2, -0.15) is 0 Å². The molecule has 0 spiro atoms. The maximum Gasteiger partial charge on any atom is 0.211 e. The van der Waals surface area contributed by atoms with Gasteiger partial charge >= 0.3 is 0 Å². The van der Waals surface area contributed by atoms with Crippen LogP contribution in [0.25, 0.3) is 0 Å². The van der Waals surface area contributed by atoms with Gasteiger partial charge in [0.15, 0.2) is 5.78 Å². The van der Waals surface area contributed by atoms with Gasteiger partial charge in [-0.05, 0) is 38.4 Å². The van der Waals surface area contributed by atoms with Crippen LogP contribution in [0.5, 0.6) is 0 Å². The van der Waals surface area contributed by atoms with E-state index in [2.05, 4.69) is 5.32 Å². The van der Waals surface area contributed by atoms with E-state index in [0.717, 1.165) is 0 Å². The first-order valence-corrected chi connectivity index (χ1v) is 4.61. The van der Waals surface area contributed by atoms with E-state index in [0.29, 0.717) is 24.2 Å². The first-order chi connectivity index (χ1) is 7.13. The number of rotatable bonds is 5. The Balaban J connectivity index is 2.70. The zero-order valence-corrected chi connectivity index (χ0v) is 8.86. The fourth-order valence-electron chi connectivity index (χ4n) is 1.20. The SMILES string of the molecule is CN(C)CC(=O)c1ccc(NC=O)cc1. The molecule has 0 fully saturated rings. The Labute approximate surface area is 88.9 Å². The number of hydrogen-bond donors (Lipinski definition) is 1. The molecule has 80 valence electrons. The van der Waals surface area contributed by atoms with Crippen LogP contribution in [-0.4, -0.2) is 37.7 Å². The lowest BCUT2D eigenvalue weighted by Crippen LogP contribution is -2.21. The number of nitrogens with one attached hydrogen (secondary N) is 1. The molecule has 0 aliphatic carbocycles. The molecule has 0 radical (unpaired) electrons. The van der Waals surface area contributed by atoms with Gasteiger partial charge in [0.2, 0.25) is 6.41 Å². The topological polar surface area (TPSA) is 49.4 Å². The largest absolute Gasteiger partial charge is 0.329 e. The molecule has 0 unspecified atom stereocenters. The first kappa shape index (κ1) is 11.4. The van der Waals surface area contributed by atoms with E-state index in [4.69, 9.17) is 0 Å². The standard InChI is InChI=1S/C11H14N2O2/c1-13(2)7-11(15)9-3-5-10(6-4-9)12-8-14/h3-6,8H,7H2,1-2H3,(H,12,14). The van der Waals surface area contributed by atoms with Crippen LogP contribution in [-0.2, 0) is 4.79 Å². The third-order valence-corrected chi connectivity index (χ3v) is 1.89. The van der Waals surface area contributed by atoms with Crippen molar-refractivity contribution in [3.05, 3.63) is 29.8 Å². The first-order valence-electron chi connectivity index (χ1n) is 4.61. The smallest absolute Gasteiger partial charge is 0.211 e. The normalized spacial score (nSPS) is 10.1. The average molecular weight is 206 g/mol. The van der Waals surface area contributed by atoms with Gasteiger partial charge in [-0.25, -0.2) is 0 Å². The molecular weight excluding hydrogens is 192 g/mol. The maximum absolute atomic E-state index is 11.6. The molecule has 4 heteroatoms. The molecule has 0 aromatic heterocycles. The van der Waals surface area contributed by atoms with Gasteiger partial charge < -0.3 is 10.2 Å². The lowest BCUT2D eigenvalue weighted by Gasteiger charge is -2.08. The van der Waals surface area contributed by atoms with Crippen molar-refractivity contribution in [2.24, 2.45) is 0 Å². The van der Waals surface area contributed by atoms with Crippen molar-refractivity contribution in [3.63, 3.8) is 0 Å². The molecule has 0 aliphatic rings. The maximum atomic E-state index is 11.6. The van der Waals surface area contributed by atoms with Crippen molar-refractivity contribution in [2.45, 2.75) is 0 Å². The molecule has 1 aromatic carbocycles. The lowest BCUT2D eigenvalue weighted by atomic mass is 10.1. The minimum Gasteiger partial charge on any atom is -0.329 e. The molecule has 0 aliphatic heterocycles. The van der Waals surface area contributed by atoms with Crippen molar-refractivity contribution >= 4 is 17.9 Å². The van der Waals surface area contributed by atoms with Gasteiger partial charge in [0.05, 0.1) is 6.54 Å². The molecule has 0 heterocycles.